The summed E-state index contributed by atoms with van der Waals surface area (Å²) in [5, 5.41) is 3.17. The van der Waals surface area contributed by atoms with E-state index in [2.05, 4.69) is 61.6 Å². The summed E-state index contributed by atoms with van der Waals surface area (Å²) in [5.41, 5.74) is 4.84. The molecule has 0 saturated heterocycles. The van der Waals surface area contributed by atoms with E-state index in [9.17, 15) is 4.79 Å². The van der Waals surface area contributed by atoms with Crippen molar-refractivity contribution in [3.8, 4) is 0 Å². The second-order valence-corrected chi connectivity index (χ2v) is 7.51. The van der Waals surface area contributed by atoms with Crippen LogP contribution in [0.15, 0.2) is 48.5 Å². The fraction of sp³-hybridized carbons (Fsp3) is 0.409. The molecule has 2 aliphatic rings. The molecule has 0 radical (unpaired) electrons. The van der Waals surface area contributed by atoms with Gasteiger partial charge < -0.3 is 5.32 Å². The molecule has 0 spiro atoms. The highest BCUT2D eigenvalue weighted by Crippen LogP contribution is 2.60. The Hall–Kier alpha value is -2.09. The van der Waals surface area contributed by atoms with Gasteiger partial charge in [-0.3, -0.25) is 4.79 Å². The number of rotatable bonds is 3. The molecule has 2 aliphatic carbocycles. The van der Waals surface area contributed by atoms with Crippen LogP contribution in [0.25, 0.3) is 0 Å². The molecule has 24 heavy (non-hydrogen) atoms. The summed E-state index contributed by atoms with van der Waals surface area (Å²) < 4.78 is 0. The van der Waals surface area contributed by atoms with Crippen LogP contribution in [-0.4, -0.2) is 5.91 Å². The van der Waals surface area contributed by atoms with Crippen LogP contribution in [0.3, 0.4) is 0 Å². The van der Waals surface area contributed by atoms with E-state index in [1.165, 1.54) is 36.0 Å². The zero-order chi connectivity index (χ0) is 16.7. The number of aryl methyl sites for hydroxylation is 2. The molecular formula is C22H25NO. The second-order valence-electron chi connectivity index (χ2n) is 7.51. The first-order valence-corrected chi connectivity index (χ1v) is 9.08. The highest BCUT2D eigenvalue weighted by Gasteiger charge is 2.55. The molecule has 0 heterocycles. The molecule has 2 aromatic rings. The first-order valence-electron chi connectivity index (χ1n) is 9.08. The smallest absolute Gasteiger partial charge is 0.228 e. The van der Waals surface area contributed by atoms with Gasteiger partial charge in [0.2, 0.25) is 5.91 Å². The average Bonchev–Trinajstić information content (AvgIpc) is 2.60. The molecule has 2 nitrogen and oxygen atoms in total. The number of benzene rings is 2. The van der Waals surface area contributed by atoms with Crippen LogP contribution in [0.4, 0.5) is 5.69 Å². The Balaban J connectivity index is 1.51. The maximum Gasteiger partial charge on any atom is 0.228 e. The van der Waals surface area contributed by atoms with Gasteiger partial charge in [0, 0.05) is 11.6 Å². The van der Waals surface area contributed by atoms with E-state index in [4.69, 9.17) is 0 Å². The van der Waals surface area contributed by atoms with Crippen molar-refractivity contribution >= 4 is 11.6 Å². The molecule has 0 aromatic heterocycles. The van der Waals surface area contributed by atoms with E-state index in [0.29, 0.717) is 17.8 Å². The predicted molar refractivity (Wildman–Crippen MR) is 98.0 cm³/mol. The SMILES string of the molecule is Cc1ccc(NC(=O)C2[C@H]3CCC[C@H]2C3c2ccccc2)cc1C. The molecule has 1 amide bonds. The summed E-state index contributed by atoms with van der Waals surface area (Å²) in [6.45, 7) is 4.19. The molecule has 1 N–H and O–H groups in total. The van der Waals surface area contributed by atoms with Crippen LogP contribution in [0.2, 0.25) is 0 Å². The average molecular weight is 319 g/mol. The number of amides is 1. The van der Waals surface area contributed by atoms with E-state index in [0.717, 1.165) is 5.69 Å². The van der Waals surface area contributed by atoms with Gasteiger partial charge in [0.25, 0.3) is 0 Å². The molecule has 2 atom stereocenters. The fourth-order valence-corrected chi connectivity index (χ4v) is 4.85. The molecule has 2 fully saturated rings. The van der Waals surface area contributed by atoms with Gasteiger partial charge in [0.1, 0.15) is 0 Å². The quantitative estimate of drug-likeness (QED) is 0.840. The van der Waals surface area contributed by atoms with E-state index in [1.807, 2.05) is 6.07 Å². The minimum Gasteiger partial charge on any atom is -0.326 e. The maximum atomic E-state index is 12.9. The van der Waals surface area contributed by atoms with Gasteiger partial charge >= 0.3 is 0 Å². The molecule has 2 heteroatoms. The van der Waals surface area contributed by atoms with Gasteiger partial charge in [-0.1, -0.05) is 42.8 Å². The van der Waals surface area contributed by atoms with Crippen LogP contribution < -0.4 is 5.32 Å². The maximum absolute atomic E-state index is 12.9. The number of hydrogen-bond acceptors (Lipinski definition) is 1. The Kier molecular flexibility index (Phi) is 3.91. The predicted octanol–water partition coefficient (Wildman–Crippen LogP) is 5.07. The third-order valence-electron chi connectivity index (χ3n) is 6.18. The molecule has 0 unspecified atom stereocenters. The number of anilines is 1. The summed E-state index contributed by atoms with van der Waals surface area (Å²) in [5.74, 6) is 2.01. The molecule has 4 rings (SSSR count). The Morgan fingerprint density at radius 2 is 1.67 bits per heavy atom. The lowest BCUT2D eigenvalue weighted by Crippen LogP contribution is -2.53. The molecular weight excluding hydrogens is 294 g/mol. The third kappa shape index (κ3) is 2.54. The van der Waals surface area contributed by atoms with Crippen LogP contribution in [0.1, 0.15) is 41.9 Å². The lowest BCUT2D eigenvalue weighted by Gasteiger charge is -2.55. The van der Waals surface area contributed by atoms with Crippen molar-refractivity contribution in [3.63, 3.8) is 0 Å². The highest BCUT2D eigenvalue weighted by atomic mass is 16.2. The molecule has 2 saturated carbocycles. The Morgan fingerprint density at radius 3 is 2.33 bits per heavy atom. The number of nitrogens with one attached hydrogen (secondary N) is 1. The summed E-state index contributed by atoms with van der Waals surface area (Å²) in [6, 6.07) is 16.9. The molecule has 0 aliphatic heterocycles. The first kappa shape index (κ1) is 15.4. The summed E-state index contributed by atoms with van der Waals surface area (Å²) in [6.07, 6.45) is 3.63. The lowest BCUT2D eigenvalue weighted by molar-refractivity contribution is -0.135. The van der Waals surface area contributed by atoms with Crippen LogP contribution in [0, 0.1) is 31.6 Å². The largest absolute Gasteiger partial charge is 0.326 e. The standard InChI is InChI=1S/C22H25NO/c1-14-11-12-17(13-15(14)2)23-22(24)21-18-9-6-10-19(21)20(18)16-7-4-3-5-8-16/h3-5,7-8,11-13,18-21H,6,9-10H2,1-2H3,(H,23,24)/t18-,19-,20?,21?/m0/s1. The normalized spacial score (nSPS) is 28.1. The van der Waals surface area contributed by atoms with Gasteiger partial charge in [0.05, 0.1) is 0 Å². The van der Waals surface area contributed by atoms with Crippen molar-refractivity contribution in [2.45, 2.75) is 39.0 Å². The zero-order valence-electron chi connectivity index (χ0n) is 14.5. The van der Waals surface area contributed by atoms with Crippen LogP contribution in [-0.2, 0) is 4.79 Å². The Bertz CT molecular complexity index is 740. The van der Waals surface area contributed by atoms with Crippen molar-refractivity contribution < 1.29 is 4.79 Å². The van der Waals surface area contributed by atoms with Crippen molar-refractivity contribution in [2.24, 2.45) is 17.8 Å². The van der Waals surface area contributed by atoms with Gasteiger partial charge in [-0.05, 0) is 73.3 Å². The zero-order valence-corrected chi connectivity index (χ0v) is 14.5. The minimum absolute atomic E-state index is 0.186. The summed E-state index contributed by atoms with van der Waals surface area (Å²) in [7, 11) is 0. The van der Waals surface area contributed by atoms with Gasteiger partial charge in [-0.15, -0.1) is 0 Å². The van der Waals surface area contributed by atoms with Crippen molar-refractivity contribution in [2.75, 3.05) is 5.32 Å². The van der Waals surface area contributed by atoms with Crippen molar-refractivity contribution in [3.05, 3.63) is 65.2 Å². The minimum atomic E-state index is 0.186. The number of fused-ring (bicyclic) bond motifs is 2. The van der Waals surface area contributed by atoms with Gasteiger partial charge in [0.15, 0.2) is 0 Å². The summed E-state index contributed by atoms with van der Waals surface area (Å²) in [4.78, 5) is 12.9. The van der Waals surface area contributed by atoms with Gasteiger partial charge in [-0.25, -0.2) is 0 Å². The monoisotopic (exact) mass is 319 g/mol. The summed E-state index contributed by atoms with van der Waals surface area (Å²) >= 11 is 0. The lowest BCUT2D eigenvalue weighted by atomic mass is 9.48. The van der Waals surface area contributed by atoms with E-state index in [1.54, 1.807) is 0 Å². The fourth-order valence-electron chi connectivity index (χ4n) is 4.85. The second kappa shape index (κ2) is 6.08. The van der Waals surface area contributed by atoms with Crippen LogP contribution >= 0.6 is 0 Å². The number of carbonyl (C=O) groups excluding carboxylic acids is 1. The van der Waals surface area contributed by atoms with E-state index < -0.39 is 0 Å². The molecule has 2 bridgehead atoms. The Morgan fingerprint density at radius 1 is 0.958 bits per heavy atom. The Labute approximate surface area is 144 Å². The number of carbonyl (C=O) groups is 1. The molecule has 2 aromatic carbocycles. The van der Waals surface area contributed by atoms with E-state index >= 15 is 0 Å². The van der Waals surface area contributed by atoms with Crippen molar-refractivity contribution in [1.29, 1.82) is 0 Å². The van der Waals surface area contributed by atoms with Crippen LogP contribution in [0.5, 0.6) is 0 Å². The van der Waals surface area contributed by atoms with E-state index in [-0.39, 0.29) is 11.8 Å². The first-order chi connectivity index (χ1) is 11.6. The molecule has 124 valence electrons. The van der Waals surface area contributed by atoms with Gasteiger partial charge in [-0.2, -0.15) is 0 Å². The number of hydrogen-bond donors (Lipinski definition) is 1. The third-order valence-corrected chi connectivity index (χ3v) is 6.18. The topological polar surface area (TPSA) is 29.1 Å². The van der Waals surface area contributed by atoms with Crippen molar-refractivity contribution in [1.82, 2.24) is 0 Å². The highest BCUT2D eigenvalue weighted by molar-refractivity contribution is 5.94.